The molecule has 1 nitrogen and oxygen atoms in total. The maximum absolute atomic E-state index is 13.6. The lowest BCUT2D eigenvalue weighted by Gasteiger charge is -2.22. The Hall–Kier alpha value is -0.970. The van der Waals surface area contributed by atoms with Crippen LogP contribution in [0.3, 0.4) is 0 Å². The first kappa shape index (κ1) is 16.4. The molecule has 0 aliphatic rings. The number of benzene rings is 2. The summed E-state index contributed by atoms with van der Waals surface area (Å²) in [7, 11) is 0. The average Bonchev–Trinajstić information content (AvgIpc) is 2.44. The molecule has 112 valence electrons. The van der Waals surface area contributed by atoms with E-state index in [1.54, 1.807) is 0 Å². The van der Waals surface area contributed by atoms with Gasteiger partial charge in [-0.25, -0.2) is 8.78 Å². The molecule has 0 amide bonds. The van der Waals surface area contributed by atoms with Crippen molar-refractivity contribution in [3.8, 4) is 0 Å². The molecule has 21 heavy (non-hydrogen) atoms. The number of hydrogen-bond donors (Lipinski definition) is 1. The molecule has 0 saturated heterocycles. The molecule has 0 bridgehead atoms. The van der Waals surface area contributed by atoms with E-state index in [1.165, 1.54) is 0 Å². The highest BCUT2D eigenvalue weighted by atomic mass is 79.9. The summed E-state index contributed by atoms with van der Waals surface area (Å²) in [5.41, 5.74) is 2.52. The fourth-order valence-electron chi connectivity index (χ4n) is 2.24. The molecule has 0 fully saturated rings. The summed E-state index contributed by atoms with van der Waals surface area (Å²) >= 11 is 9.67. The first-order valence-corrected chi connectivity index (χ1v) is 7.75. The zero-order valence-electron chi connectivity index (χ0n) is 11.7. The van der Waals surface area contributed by atoms with Gasteiger partial charge in [0.2, 0.25) is 0 Å². The van der Waals surface area contributed by atoms with E-state index < -0.39 is 11.6 Å². The number of rotatable bonds is 4. The van der Waals surface area contributed by atoms with Gasteiger partial charge < -0.3 is 5.32 Å². The van der Waals surface area contributed by atoms with Gasteiger partial charge in [-0.15, -0.1) is 0 Å². The Labute approximate surface area is 136 Å². The quantitative estimate of drug-likeness (QED) is 0.708. The smallest absolute Gasteiger partial charge is 0.160 e. The van der Waals surface area contributed by atoms with Gasteiger partial charge in [-0.1, -0.05) is 52.7 Å². The van der Waals surface area contributed by atoms with Crippen LogP contribution in [0.15, 0.2) is 34.8 Å². The number of aryl methyl sites for hydroxylation is 1. The maximum Gasteiger partial charge on any atom is 0.160 e. The largest absolute Gasteiger partial charge is 0.306 e. The van der Waals surface area contributed by atoms with E-state index in [-0.39, 0.29) is 11.1 Å². The molecule has 0 aliphatic carbocycles. The molecule has 1 unspecified atom stereocenters. The summed E-state index contributed by atoms with van der Waals surface area (Å²) in [4.78, 5) is 0. The first-order valence-electron chi connectivity index (χ1n) is 6.58. The molecule has 2 aromatic carbocycles. The van der Waals surface area contributed by atoms with Gasteiger partial charge in [0, 0.05) is 9.50 Å². The van der Waals surface area contributed by atoms with Crippen LogP contribution in [-0.4, -0.2) is 6.54 Å². The van der Waals surface area contributed by atoms with Crippen LogP contribution in [-0.2, 0) is 0 Å². The summed E-state index contributed by atoms with van der Waals surface area (Å²) in [6.07, 6.45) is 0. The fourth-order valence-corrected chi connectivity index (χ4v) is 3.00. The summed E-state index contributed by atoms with van der Waals surface area (Å²) in [6.45, 7) is 4.59. The molecule has 2 aromatic rings. The van der Waals surface area contributed by atoms with Crippen LogP contribution in [0.1, 0.15) is 29.7 Å². The third kappa shape index (κ3) is 3.44. The van der Waals surface area contributed by atoms with E-state index in [9.17, 15) is 8.78 Å². The number of hydrogen-bond acceptors (Lipinski definition) is 1. The van der Waals surface area contributed by atoms with Gasteiger partial charge >= 0.3 is 0 Å². The maximum atomic E-state index is 13.6. The van der Waals surface area contributed by atoms with Gasteiger partial charge in [-0.2, -0.15) is 0 Å². The standard InChI is InChI=1S/C16H15BrClF2N/c1-3-21-16(10-6-4-5-9(2)15(10)17)11-7-13(19)14(20)8-12(11)18/h4-8,16,21H,3H2,1-2H3. The van der Waals surface area contributed by atoms with E-state index in [1.807, 2.05) is 32.0 Å². The highest BCUT2D eigenvalue weighted by Crippen LogP contribution is 2.34. The van der Waals surface area contributed by atoms with E-state index in [0.29, 0.717) is 12.1 Å². The Morgan fingerprint density at radius 3 is 2.52 bits per heavy atom. The topological polar surface area (TPSA) is 12.0 Å². The predicted octanol–water partition coefficient (Wildman–Crippen LogP) is 5.39. The van der Waals surface area contributed by atoms with Crippen LogP contribution in [0, 0.1) is 18.6 Å². The minimum absolute atomic E-state index is 0.202. The normalized spacial score (nSPS) is 12.5. The molecule has 1 atom stereocenters. The molecule has 1 N–H and O–H groups in total. The van der Waals surface area contributed by atoms with Crippen LogP contribution in [0.4, 0.5) is 8.78 Å². The minimum atomic E-state index is -0.942. The van der Waals surface area contributed by atoms with Gasteiger partial charge in [-0.05, 0) is 42.3 Å². The van der Waals surface area contributed by atoms with Crippen LogP contribution in [0.5, 0.6) is 0 Å². The lowest BCUT2D eigenvalue weighted by Crippen LogP contribution is -2.23. The van der Waals surface area contributed by atoms with Crippen LogP contribution < -0.4 is 5.32 Å². The van der Waals surface area contributed by atoms with Gasteiger partial charge in [0.25, 0.3) is 0 Å². The van der Waals surface area contributed by atoms with Crippen LogP contribution in [0.2, 0.25) is 5.02 Å². The minimum Gasteiger partial charge on any atom is -0.306 e. The Bertz CT molecular complexity index is 661. The van der Waals surface area contributed by atoms with Crippen molar-refractivity contribution in [1.82, 2.24) is 5.32 Å². The molecule has 0 aromatic heterocycles. The van der Waals surface area contributed by atoms with E-state index >= 15 is 0 Å². The molecule has 0 saturated carbocycles. The molecular weight excluding hydrogens is 360 g/mol. The molecule has 0 aliphatic heterocycles. The Balaban J connectivity index is 2.59. The zero-order chi connectivity index (χ0) is 15.6. The lowest BCUT2D eigenvalue weighted by atomic mass is 9.97. The highest BCUT2D eigenvalue weighted by molar-refractivity contribution is 9.10. The van der Waals surface area contributed by atoms with Gasteiger partial charge in [-0.3, -0.25) is 0 Å². The van der Waals surface area contributed by atoms with Crippen molar-refractivity contribution < 1.29 is 8.78 Å². The third-order valence-corrected chi connectivity index (χ3v) is 4.70. The Kier molecular flexibility index (Phi) is 5.36. The summed E-state index contributed by atoms with van der Waals surface area (Å²) < 4.78 is 27.8. The zero-order valence-corrected chi connectivity index (χ0v) is 14.0. The second-order valence-corrected chi connectivity index (χ2v) is 5.96. The molecule has 0 heterocycles. The SMILES string of the molecule is CCNC(c1cc(F)c(F)cc1Cl)c1cccc(C)c1Br. The van der Waals surface area contributed by atoms with Crippen LogP contribution in [0.25, 0.3) is 0 Å². The second-order valence-electron chi connectivity index (χ2n) is 4.76. The number of halogens is 4. The van der Waals surface area contributed by atoms with Crippen molar-refractivity contribution >= 4 is 27.5 Å². The first-order chi connectivity index (χ1) is 9.95. The van der Waals surface area contributed by atoms with E-state index in [4.69, 9.17) is 11.6 Å². The van der Waals surface area contributed by atoms with Crippen molar-refractivity contribution in [3.05, 3.63) is 68.2 Å². The summed E-state index contributed by atoms with van der Waals surface area (Å²) in [6, 6.07) is 7.69. The summed E-state index contributed by atoms with van der Waals surface area (Å²) in [5, 5.41) is 3.47. The summed E-state index contributed by atoms with van der Waals surface area (Å²) in [5.74, 6) is -1.84. The Morgan fingerprint density at radius 2 is 1.86 bits per heavy atom. The van der Waals surface area contributed by atoms with E-state index in [0.717, 1.165) is 27.7 Å². The van der Waals surface area contributed by atoms with Crippen molar-refractivity contribution in [3.63, 3.8) is 0 Å². The van der Waals surface area contributed by atoms with Crippen molar-refractivity contribution in [2.45, 2.75) is 19.9 Å². The van der Waals surface area contributed by atoms with Gasteiger partial charge in [0.1, 0.15) is 0 Å². The number of nitrogens with one attached hydrogen (secondary N) is 1. The van der Waals surface area contributed by atoms with Crippen molar-refractivity contribution in [2.75, 3.05) is 6.54 Å². The van der Waals surface area contributed by atoms with Crippen molar-refractivity contribution in [1.29, 1.82) is 0 Å². The predicted molar refractivity (Wildman–Crippen MR) is 85.8 cm³/mol. The molecule has 0 spiro atoms. The van der Waals surface area contributed by atoms with Crippen molar-refractivity contribution in [2.24, 2.45) is 0 Å². The van der Waals surface area contributed by atoms with Gasteiger partial charge in [0.05, 0.1) is 6.04 Å². The van der Waals surface area contributed by atoms with E-state index in [2.05, 4.69) is 21.2 Å². The third-order valence-electron chi connectivity index (χ3n) is 3.29. The van der Waals surface area contributed by atoms with Crippen LogP contribution >= 0.6 is 27.5 Å². The average molecular weight is 375 g/mol. The fraction of sp³-hybridized carbons (Fsp3) is 0.250. The molecule has 0 radical (unpaired) electrons. The molecule has 2 rings (SSSR count). The van der Waals surface area contributed by atoms with Gasteiger partial charge in [0.15, 0.2) is 11.6 Å². The lowest BCUT2D eigenvalue weighted by molar-refractivity contribution is 0.504. The highest BCUT2D eigenvalue weighted by Gasteiger charge is 2.21. The second kappa shape index (κ2) is 6.86. The molecular formula is C16H15BrClF2N. The Morgan fingerprint density at radius 1 is 1.19 bits per heavy atom. The molecule has 5 heteroatoms. The monoisotopic (exact) mass is 373 g/mol.